The minimum absolute atomic E-state index is 0.0635. The van der Waals surface area contributed by atoms with Gasteiger partial charge in [-0.2, -0.15) is 0 Å². The number of carbonyl (C=O) groups excluding carboxylic acids is 3. The molecule has 1 aliphatic rings. The Labute approximate surface area is 197 Å². The van der Waals surface area contributed by atoms with E-state index in [4.69, 9.17) is 19.3 Å². The van der Waals surface area contributed by atoms with Gasteiger partial charge in [0.05, 0.1) is 50.7 Å². The Morgan fingerprint density at radius 1 is 1.00 bits per heavy atom. The zero-order valence-corrected chi connectivity index (χ0v) is 19.0. The molecule has 1 aliphatic heterocycles. The topological polar surface area (TPSA) is 123 Å². The van der Waals surface area contributed by atoms with E-state index in [0.29, 0.717) is 29.0 Å². The quantitative estimate of drug-likeness (QED) is 0.179. The molecule has 2 N–H and O–H groups in total. The third-order valence-electron chi connectivity index (χ3n) is 5.34. The van der Waals surface area contributed by atoms with E-state index < -0.39 is 23.7 Å². The summed E-state index contributed by atoms with van der Waals surface area (Å²) in [5.41, 5.74) is 1.12. The summed E-state index contributed by atoms with van der Waals surface area (Å²) in [5.74, 6) is -1.83. The fraction of sp³-hybridized carbons (Fsp3) is 0.320. The molecular weight excluding hydrogens is 442 g/mol. The van der Waals surface area contributed by atoms with Crippen LogP contribution >= 0.6 is 0 Å². The van der Waals surface area contributed by atoms with E-state index in [-0.39, 0.29) is 37.7 Å². The van der Waals surface area contributed by atoms with Crippen molar-refractivity contribution in [1.82, 2.24) is 4.90 Å². The van der Waals surface area contributed by atoms with Gasteiger partial charge in [0.2, 0.25) is 0 Å². The average Bonchev–Trinajstić information content (AvgIpc) is 3.11. The number of nitrogens with zero attached hydrogens (tertiary/aromatic N) is 1. The van der Waals surface area contributed by atoms with Crippen molar-refractivity contribution in [3.8, 4) is 5.75 Å². The number of ketones is 1. The molecule has 1 atom stereocenters. The van der Waals surface area contributed by atoms with Crippen LogP contribution < -0.4 is 4.74 Å². The molecule has 9 nitrogen and oxygen atoms in total. The van der Waals surface area contributed by atoms with Crippen LogP contribution in [0.25, 0.3) is 5.76 Å². The molecule has 1 heterocycles. The van der Waals surface area contributed by atoms with Crippen molar-refractivity contribution < 1.29 is 38.8 Å². The van der Waals surface area contributed by atoms with Crippen LogP contribution in [0.1, 0.15) is 34.5 Å². The van der Waals surface area contributed by atoms with E-state index in [1.807, 2.05) is 6.92 Å². The van der Waals surface area contributed by atoms with Gasteiger partial charge in [0, 0.05) is 12.1 Å². The zero-order chi connectivity index (χ0) is 24.7. The first-order valence-electron chi connectivity index (χ1n) is 10.8. The molecule has 1 amide bonds. The zero-order valence-electron chi connectivity index (χ0n) is 19.0. The summed E-state index contributed by atoms with van der Waals surface area (Å²) >= 11 is 0. The largest absolute Gasteiger partial charge is 0.507 e. The van der Waals surface area contributed by atoms with Crippen LogP contribution in [0.4, 0.5) is 0 Å². The van der Waals surface area contributed by atoms with Crippen LogP contribution in [0.5, 0.6) is 5.75 Å². The molecule has 0 aliphatic carbocycles. The highest BCUT2D eigenvalue weighted by molar-refractivity contribution is 6.46. The van der Waals surface area contributed by atoms with Crippen molar-refractivity contribution in [2.24, 2.45) is 0 Å². The number of likely N-dealkylation sites (tertiary alicyclic amines) is 1. The highest BCUT2D eigenvalue weighted by atomic mass is 16.5. The fourth-order valence-electron chi connectivity index (χ4n) is 3.74. The van der Waals surface area contributed by atoms with E-state index in [1.54, 1.807) is 36.4 Å². The lowest BCUT2D eigenvalue weighted by atomic mass is 9.94. The minimum Gasteiger partial charge on any atom is -0.507 e. The Balaban J connectivity index is 2.04. The van der Waals surface area contributed by atoms with E-state index in [0.717, 1.165) is 0 Å². The smallest absolute Gasteiger partial charge is 0.337 e. The predicted octanol–water partition coefficient (Wildman–Crippen LogP) is 2.30. The van der Waals surface area contributed by atoms with Crippen LogP contribution in [0.3, 0.4) is 0 Å². The number of carbonyl (C=O) groups is 3. The lowest BCUT2D eigenvalue weighted by Crippen LogP contribution is -2.33. The van der Waals surface area contributed by atoms with Crippen molar-refractivity contribution in [3.05, 3.63) is 70.8 Å². The number of aliphatic hydroxyl groups is 2. The molecule has 0 saturated carbocycles. The second kappa shape index (κ2) is 11.4. The van der Waals surface area contributed by atoms with E-state index in [1.165, 1.54) is 24.1 Å². The summed E-state index contributed by atoms with van der Waals surface area (Å²) in [7, 11) is 1.27. The Morgan fingerprint density at radius 3 is 2.24 bits per heavy atom. The Bertz CT molecular complexity index is 1060. The van der Waals surface area contributed by atoms with E-state index in [9.17, 15) is 19.5 Å². The van der Waals surface area contributed by atoms with Gasteiger partial charge in [0.15, 0.2) is 0 Å². The van der Waals surface area contributed by atoms with Gasteiger partial charge in [-0.3, -0.25) is 9.59 Å². The molecule has 0 spiro atoms. The summed E-state index contributed by atoms with van der Waals surface area (Å²) < 4.78 is 15.4. The Hall–Kier alpha value is -3.69. The number of rotatable bonds is 10. The van der Waals surface area contributed by atoms with E-state index >= 15 is 0 Å². The average molecular weight is 469 g/mol. The van der Waals surface area contributed by atoms with Crippen molar-refractivity contribution in [3.63, 3.8) is 0 Å². The second-order valence-corrected chi connectivity index (χ2v) is 7.40. The highest BCUT2D eigenvalue weighted by Crippen LogP contribution is 2.39. The maximum atomic E-state index is 13.0. The molecule has 9 heteroatoms. The van der Waals surface area contributed by atoms with Gasteiger partial charge in [0.1, 0.15) is 11.5 Å². The van der Waals surface area contributed by atoms with Gasteiger partial charge in [-0.1, -0.05) is 12.1 Å². The summed E-state index contributed by atoms with van der Waals surface area (Å²) in [4.78, 5) is 39.0. The number of benzene rings is 2. The number of aliphatic hydroxyl groups excluding tert-OH is 2. The van der Waals surface area contributed by atoms with Crippen molar-refractivity contribution in [1.29, 1.82) is 0 Å². The van der Waals surface area contributed by atoms with Gasteiger partial charge in [0.25, 0.3) is 11.7 Å². The summed E-state index contributed by atoms with van der Waals surface area (Å²) in [6.45, 7) is 2.41. The number of hydrogen-bond acceptors (Lipinski definition) is 8. The number of ether oxygens (including phenoxy) is 3. The first-order chi connectivity index (χ1) is 16.4. The molecular formula is C25H27NO8. The van der Waals surface area contributed by atoms with Crippen LogP contribution in [-0.2, 0) is 19.1 Å². The van der Waals surface area contributed by atoms with Crippen LogP contribution in [0.2, 0.25) is 0 Å². The minimum atomic E-state index is -0.893. The molecule has 3 rings (SSSR count). The molecule has 1 unspecified atom stereocenters. The number of methoxy groups -OCH3 is 1. The van der Waals surface area contributed by atoms with Crippen molar-refractivity contribution in [2.45, 2.75) is 13.0 Å². The number of Topliss-reactive ketones (excluding diaryl/α,β-unsaturated/α-hetero) is 1. The standard InChI is InChI=1S/C25H27NO8/c1-3-34-19-10-8-17(9-11-19)22(28)20-21(16-4-6-18(7-5-16)25(31)32-2)26(24(30)23(20)29)12-14-33-15-13-27/h4-11,21,27-28H,3,12-15H2,1-2H3/b22-20-. The molecule has 34 heavy (non-hydrogen) atoms. The summed E-state index contributed by atoms with van der Waals surface area (Å²) in [6, 6.07) is 11.9. The molecule has 180 valence electrons. The molecule has 0 bridgehead atoms. The molecule has 0 radical (unpaired) electrons. The predicted molar refractivity (Wildman–Crippen MR) is 122 cm³/mol. The molecule has 1 saturated heterocycles. The Morgan fingerprint density at radius 2 is 1.65 bits per heavy atom. The third kappa shape index (κ3) is 5.27. The third-order valence-corrected chi connectivity index (χ3v) is 5.34. The summed E-state index contributed by atoms with van der Waals surface area (Å²) in [5, 5.41) is 20.0. The summed E-state index contributed by atoms with van der Waals surface area (Å²) in [6.07, 6.45) is 0. The Kier molecular flexibility index (Phi) is 8.39. The number of hydrogen-bond donors (Lipinski definition) is 2. The number of esters is 1. The van der Waals surface area contributed by atoms with Gasteiger partial charge >= 0.3 is 5.97 Å². The molecule has 2 aromatic carbocycles. The highest BCUT2D eigenvalue weighted by Gasteiger charge is 2.45. The maximum absolute atomic E-state index is 13.0. The number of amides is 1. The molecule has 2 aromatic rings. The van der Waals surface area contributed by atoms with E-state index in [2.05, 4.69) is 0 Å². The first-order valence-corrected chi connectivity index (χ1v) is 10.8. The maximum Gasteiger partial charge on any atom is 0.337 e. The van der Waals surface area contributed by atoms with Crippen LogP contribution in [0.15, 0.2) is 54.1 Å². The van der Waals surface area contributed by atoms with Crippen LogP contribution in [-0.4, -0.2) is 72.9 Å². The van der Waals surface area contributed by atoms with Gasteiger partial charge in [-0.25, -0.2) is 4.79 Å². The lowest BCUT2D eigenvalue weighted by Gasteiger charge is -2.25. The molecule has 1 fully saturated rings. The SMILES string of the molecule is CCOc1ccc(/C(O)=C2/C(=O)C(=O)N(CCOCCO)C2c2ccc(C(=O)OC)cc2)cc1. The van der Waals surface area contributed by atoms with Crippen molar-refractivity contribution >= 4 is 23.4 Å². The van der Waals surface area contributed by atoms with Gasteiger partial charge in [-0.05, 0) is 48.9 Å². The van der Waals surface area contributed by atoms with Crippen molar-refractivity contribution in [2.75, 3.05) is 40.1 Å². The normalized spacial score (nSPS) is 17.1. The van der Waals surface area contributed by atoms with Crippen LogP contribution in [0, 0.1) is 0 Å². The molecule has 0 aromatic heterocycles. The second-order valence-electron chi connectivity index (χ2n) is 7.40. The first kappa shape index (κ1) is 24.9. The fourth-order valence-corrected chi connectivity index (χ4v) is 3.74. The van der Waals surface area contributed by atoms with Gasteiger partial charge < -0.3 is 29.3 Å². The van der Waals surface area contributed by atoms with Gasteiger partial charge in [-0.15, -0.1) is 0 Å². The monoisotopic (exact) mass is 469 g/mol. The lowest BCUT2D eigenvalue weighted by molar-refractivity contribution is -0.140.